The molecule has 0 unspecified atom stereocenters. The van der Waals surface area contributed by atoms with Gasteiger partial charge in [0.05, 0.1) is 16.1 Å². The van der Waals surface area contributed by atoms with E-state index in [0.29, 0.717) is 0 Å². The molecule has 2 aromatic heterocycles. The van der Waals surface area contributed by atoms with Gasteiger partial charge in [0, 0.05) is 19.2 Å². The summed E-state index contributed by atoms with van der Waals surface area (Å²) >= 11 is 1.50. The molecule has 0 saturated carbocycles. The highest BCUT2D eigenvalue weighted by atomic mass is 32.1. The van der Waals surface area contributed by atoms with E-state index < -0.39 is 0 Å². The maximum Gasteiger partial charge on any atom is 0.160 e. The molecule has 0 fully saturated rings. The minimum Gasteiger partial charge on any atom is -0.469 e. The van der Waals surface area contributed by atoms with Crippen LogP contribution in [0, 0.1) is 6.92 Å². The van der Waals surface area contributed by atoms with Crippen LogP contribution in [-0.4, -0.2) is 13.3 Å². The van der Waals surface area contributed by atoms with E-state index in [9.17, 15) is 4.79 Å². The first-order valence-electron chi connectivity index (χ1n) is 5.00. The zero-order valence-corrected chi connectivity index (χ0v) is 10.1. The highest BCUT2D eigenvalue weighted by molar-refractivity contribution is 7.17. The molecule has 2 aromatic rings. The number of nitrogens with zero attached hydrogens (tertiary/aromatic N) is 1. The normalized spacial score (nSPS) is 10.4. The summed E-state index contributed by atoms with van der Waals surface area (Å²) in [6.45, 7) is 2.75. The van der Waals surface area contributed by atoms with Crippen LogP contribution in [0.4, 0.5) is 5.00 Å². The quantitative estimate of drug-likeness (QED) is 0.763. The summed E-state index contributed by atoms with van der Waals surface area (Å²) < 4.78 is 5.25. The Hall–Kier alpha value is -1.55. The smallest absolute Gasteiger partial charge is 0.160 e. The van der Waals surface area contributed by atoms with Gasteiger partial charge in [0.1, 0.15) is 5.76 Å². The summed E-state index contributed by atoms with van der Waals surface area (Å²) in [5.74, 6) is 0.944. The lowest BCUT2D eigenvalue weighted by Gasteiger charge is -2.16. The second-order valence-electron chi connectivity index (χ2n) is 3.65. The van der Waals surface area contributed by atoms with Crippen molar-refractivity contribution in [1.82, 2.24) is 0 Å². The second-order valence-corrected chi connectivity index (χ2v) is 4.75. The lowest BCUT2D eigenvalue weighted by atomic mass is 10.2. The van der Waals surface area contributed by atoms with Crippen LogP contribution in [-0.2, 0) is 6.54 Å². The summed E-state index contributed by atoms with van der Waals surface area (Å²) in [6.07, 6.45) is 2.58. The second kappa shape index (κ2) is 4.53. The van der Waals surface area contributed by atoms with E-state index in [0.717, 1.165) is 28.5 Å². The molecule has 0 aliphatic rings. The van der Waals surface area contributed by atoms with Gasteiger partial charge in [0.2, 0.25) is 0 Å². The maximum atomic E-state index is 10.6. The molecule has 4 heteroatoms. The number of hydrogen-bond acceptors (Lipinski definition) is 4. The molecule has 0 amide bonds. The molecule has 0 aliphatic carbocycles. The highest BCUT2D eigenvalue weighted by Gasteiger charge is 2.08. The maximum absolute atomic E-state index is 10.6. The zero-order chi connectivity index (χ0) is 11.5. The molecule has 0 atom stereocenters. The van der Waals surface area contributed by atoms with Crippen LogP contribution >= 0.6 is 11.3 Å². The monoisotopic (exact) mass is 235 g/mol. The number of anilines is 1. The number of hydrogen-bond donors (Lipinski definition) is 0. The molecule has 84 valence electrons. The Kier molecular flexibility index (Phi) is 3.10. The first kappa shape index (κ1) is 11.0. The Morgan fingerprint density at radius 2 is 2.25 bits per heavy atom. The van der Waals surface area contributed by atoms with E-state index in [1.165, 1.54) is 16.9 Å². The van der Waals surface area contributed by atoms with Crippen LogP contribution in [0.15, 0.2) is 28.9 Å². The third kappa shape index (κ3) is 2.17. The fourth-order valence-corrected chi connectivity index (χ4v) is 2.30. The van der Waals surface area contributed by atoms with Crippen LogP contribution in [0.2, 0.25) is 0 Å². The molecular formula is C12H13NO2S. The van der Waals surface area contributed by atoms with Gasteiger partial charge >= 0.3 is 0 Å². The van der Waals surface area contributed by atoms with Gasteiger partial charge in [-0.05, 0) is 25.1 Å². The summed E-state index contributed by atoms with van der Waals surface area (Å²) in [6, 6.07) is 5.77. The molecule has 2 rings (SSSR count). The molecule has 2 heterocycles. The van der Waals surface area contributed by atoms with Gasteiger partial charge in [-0.25, -0.2) is 0 Å². The van der Waals surface area contributed by atoms with Gasteiger partial charge in [-0.3, -0.25) is 4.79 Å². The Bertz CT molecular complexity index is 487. The predicted molar refractivity (Wildman–Crippen MR) is 65.3 cm³/mol. The SMILES string of the molecule is Cc1occc1CN(C)c1ccc(C=O)s1. The first-order valence-corrected chi connectivity index (χ1v) is 5.81. The zero-order valence-electron chi connectivity index (χ0n) is 9.27. The Labute approximate surface area is 98.3 Å². The van der Waals surface area contributed by atoms with Crippen LogP contribution in [0.25, 0.3) is 0 Å². The number of rotatable bonds is 4. The van der Waals surface area contributed by atoms with Crippen LogP contribution in [0.3, 0.4) is 0 Å². The standard InChI is InChI=1S/C12H13NO2S/c1-9-10(5-6-15-9)7-13(2)12-4-3-11(8-14)16-12/h3-6,8H,7H2,1-2H3. The van der Waals surface area contributed by atoms with Crippen molar-refractivity contribution in [2.45, 2.75) is 13.5 Å². The number of aryl methyl sites for hydroxylation is 1. The van der Waals surface area contributed by atoms with E-state index in [-0.39, 0.29) is 0 Å². The molecular weight excluding hydrogens is 222 g/mol. The number of aldehydes is 1. The lowest BCUT2D eigenvalue weighted by Crippen LogP contribution is -2.14. The minimum absolute atomic E-state index is 0.755. The van der Waals surface area contributed by atoms with Gasteiger partial charge in [0.15, 0.2) is 6.29 Å². The van der Waals surface area contributed by atoms with Crippen molar-refractivity contribution < 1.29 is 9.21 Å². The fraction of sp³-hybridized carbons (Fsp3) is 0.250. The first-order chi connectivity index (χ1) is 7.70. The average molecular weight is 235 g/mol. The van der Waals surface area contributed by atoms with Gasteiger partial charge in [-0.2, -0.15) is 0 Å². The largest absolute Gasteiger partial charge is 0.469 e. The van der Waals surface area contributed by atoms with Crippen molar-refractivity contribution in [1.29, 1.82) is 0 Å². The third-order valence-electron chi connectivity index (χ3n) is 2.48. The summed E-state index contributed by atoms with van der Waals surface area (Å²) in [5.41, 5.74) is 1.17. The van der Waals surface area contributed by atoms with Crippen molar-refractivity contribution in [2.75, 3.05) is 11.9 Å². The van der Waals surface area contributed by atoms with Crippen molar-refractivity contribution in [3.8, 4) is 0 Å². The number of carbonyl (C=O) groups excluding carboxylic acids is 1. The van der Waals surface area contributed by atoms with Crippen molar-refractivity contribution >= 4 is 22.6 Å². The van der Waals surface area contributed by atoms with Gasteiger partial charge in [-0.15, -0.1) is 11.3 Å². The molecule has 0 radical (unpaired) electrons. The van der Waals surface area contributed by atoms with Crippen LogP contribution < -0.4 is 4.90 Å². The molecule has 3 nitrogen and oxygen atoms in total. The molecule has 0 spiro atoms. The van der Waals surface area contributed by atoms with E-state index in [2.05, 4.69) is 4.90 Å². The average Bonchev–Trinajstić information content (AvgIpc) is 2.88. The Morgan fingerprint density at radius 1 is 1.44 bits per heavy atom. The van der Waals surface area contributed by atoms with E-state index in [1.807, 2.05) is 32.2 Å². The summed E-state index contributed by atoms with van der Waals surface area (Å²) in [7, 11) is 2.01. The van der Waals surface area contributed by atoms with Crippen molar-refractivity contribution in [3.05, 3.63) is 40.7 Å². The number of furan rings is 1. The van der Waals surface area contributed by atoms with Crippen LogP contribution in [0.5, 0.6) is 0 Å². The van der Waals surface area contributed by atoms with Crippen molar-refractivity contribution in [2.24, 2.45) is 0 Å². The van der Waals surface area contributed by atoms with Gasteiger partial charge < -0.3 is 9.32 Å². The Balaban J connectivity index is 2.11. The number of carbonyl (C=O) groups is 1. The third-order valence-corrected chi connectivity index (χ3v) is 3.60. The highest BCUT2D eigenvalue weighted by Crippen LogP contribution is 2.25. The fourth-order valence-electron chi connectivity index (χ4n) is 1.52. The summed E-state index contributed by atoms with van der Waals surface area (Å²) in [5, 5.41) is 1.09. The van der Waals surface area contributed by atoms with Crippen LogP contribution in [0.1, 0.15) is 21.0 Å². The molecule has 0 aromatic carbocycles. The molecule has 16 heavy (non-hydrogen) atoms. The van der Waals surface area contributed by atoms with Gasteiger partial charge in [-0.1, -0.05) is 0 Å². The Morgan fingerprint density at radius 3 is 2.81 bits per heavy atom. The topological polar surface area (TPSA) is 33.5 Å². The van der Waals surface area contributed by atoms with Crippen molar-refractivity contribution in [3.63, 3.8) is 0 Å². The number of thiophene rings is 1. The molecule has 0 aliphatic heterocycles. The summed E-state index contributed by atoms with van der Waals surface area (Å²) in [4.78, 5) is 13.5. The van der Waals surface area contributed by atoms with E-state index >= 15 is 0 Å². The molecule has 0 N–H and O–H groups in total. The lowest BCUT2D eigenvalue weighted by molar-refractivity contribution is 0.112. The predicted octanol–water partition coefficient (Wildman–Crippen LogP) is 3.10. The molecule has 0 bridgehead atoms. The molecule has 0 saturated heterocycles. The minimum atomic E-state index is 0.755. The van der Waals surface area contributed by atoms with E-state index in [1.54, 1.807) is 6.26 Å². The van der Waals surface area contributed by atoms with E-state index in [4.69, 9.17) is 4.42 Å². The van der Waals surface area contributed by atoms with Gasteiger partial charge in [0.25, 0.3) is 0 Å².